The van der Waals surface area contributed by atoms with E-state index in [-0.39, 0.29) is 18.6 Å². The van der Waals surface area contributed by atoms with E-state index in [1.807, 2.05) is 0 Å². The molecular weight excluding hydrogens is 282 g/mol. The van der Waals surface area contributed by atoms with E-state index in [1.54, 1.807) is 23.5 Å². The standard InChI is InChI=1S/C12H15N3O4S/c1-19-4-3-15(7-10(16)17)6-9-13-8-2-5-20-11(8)12(18)14-9/h2,5H,3-4,6-7H2,1H3,(H,16,17)(H,13,14,18). The summed E-state index contributed by atoms with van der Waals surface area (Å²) in [4.78, 5) is 31.3. The first-order chi connectivity index (χ1) is 9.60. The molecule has 0 saturated heterocycles. The summed E-state index contributed by atoms with van der Waals surface area (Å²) in [6.07, 6.45) is 0. The van der Waals surface area contributed by atoms with E-state index >= 15 is 0 Å². The van der Waals surface area contributed by atoms with Crippen LogP contribution in [0.2, 0.25) is 0 Å². The first kappa shape index (κ1) is 14.6. The maximum atomic E-state index is 11.8. The molecule has 0 aromatic carbocycles. The fraction of sp³-hybridized carbons (Fsp3) is 0.417. The van der Waals surface area contributed by atoms with Gasteiger partial charge in [-0.05, 0) is 11.4 Å². The number of fused-ring (bicyclic) bond motifs is 1. The summed E-state index contributed by atoms with van der Waals surface area (Å²) in [5, 5.41) is 10.7. The van der Waals surface area contributed by atoms with Crippen molar-refractivity contribution in [2.45, 2.75) is 6.54 Å². The van der Waals surface area contributed by atoms with Crippen LogP contribution in [0.15, 0.2) is 16.2 Å². The molecule has 0 bridgehead atoms. The summed E-state index contributed by atoms with van der Waals surface area (Å²) in [7, 11) is 1.55. The second-order valence-electron chi connectivity index (χ2n) is 4.24. The van der Waals surface area contributed by atoms with Gasteiger partial charge in [0.25, 0.3) is 5.56 Å². The van der Waals surface area contributed by atoms with Gasteiger partial charge in [-0.2, -0.15) is 0 Å². The van der Waals surface area contributed by atoms with Crippen molar-refractivity contribution in [3.8, 4) is 0 Å². The second kappa shape index (κ2) is 6.60. The van der Waals surface area contributed by atoms with Crippen molar-refractivity contribution >= 4 is 27.5 Å². The predicted molar refractivity (Wildman–Crippen MR) is 75.0 cm³/mol. The van der Waals surface area contributed by atoms with E-state index in [0.717, 1.165) is 0 Å². The average molecular weight is 297 g/mol. The van der Waals surface area contributed by atoms with E-state index in [4.69, 9.17) is 9.84 Å². The molecule has 108 valence electrons. The van der Waals surface area contributed by atoms with Crippen molar-refractivity contribution in [3.63, 3.8) is 0 Å². The number of carbonyl (C=O) groups is 1. The van der Waals surface area contributed by atoms with Gasteiger partial charge in [0.15, 0.2) is 0 Å². The molecule has 2 aromatic rings. The Morgan fingerprint density at radius 3 is 3.10 bits per heavy atom. The van der Waals surface area contributed by atoms with Crippen LogP contribution >= 0.6 is 11.3 Å². The normalized spacial score (nSPS) is 11.3. The number of nitrogens with one attached hydrogen (secondary N) is 1. The first-order valence-corrected chi connectivity index (χ1v) is 6.87. The van der Waals surface area contributed by atoms with Gasteiger partial charge in [-0.3, -0.25) is 14.5 Å². The number of nitrogens with zero attached hydrogens (tertiary/aromatic N) is 2. The van der Waals surface area contributed by atoms with E-state index in [1.165, 1.54) is 11.3 Å². The molecule has 0 aliphatic rings. The molecule has 7 nitrogen and oxygen atoms in total. The van der Waals surface area contributed by atoms with Gasteiger partial charge < -0.3 is 14.8 Å². The maximum absolute atomic E-state index is 11.8. The van der Waals surface area contributed by atoms with Crippen LogP contribution in [0, 0.1) is 0 Å². The molecule has 2 aromatic heterocycles. The van der Waals surface area contributed by atoms with Crippen molar-refractivity contribution in [2.75, 3.05) is 26.8 Å². The van der Waals surface area contributed by atoms with Gasteiger partial charge in [0.2, 0.25) is 0 Å². The lowest BCUT2D eigenvalue weighted by Crippen LogP contribution is -2.33. The van der Waals surface area contributed by atoms with Crippen LogP contribution in [0.3, 0.4) is 0 Å². The Kier molecular flexibility index (Phi) is 4.83. The summed E-state index contributed by atoms with van der Waals surface area (Å²) in [6, 6.07) is 1.77. The molecule has 0 fully saturated rings. The number of rotatable bonds is 7. The Morgan fingerprint density at radius 2 is 2.40 bits per heavy atom. The minimum Gasteiger partial charge on any atom is -0.480 e. The fourth-order valence-electron chi connectivity index (χ4n) is 1.83. The predicted octanol–water partition coefficient (Wildman–Crippen LogP) is 0.518. The van der Waals surface area contributed by atoms with Crippen molar-refractivity contribution in [3.05, 3.63) is 27.6 Å². The number of carboxylic acid groups (broad SMARTS) is 1. The number of aromatic amines is 1. The lowest BCUT2D eigenvalue weighted by Gasteiger charge is -2.18. The third-order valence-corrected chi connectivity index (χ3v) is 3.61. The zero-order valence-corrected chi connectivity index (χ0v) is 11.8. The summed E-state index contributed by atoms with van der Waals surface area (Å²) in [5.74, 6) is -0.474. The number of carboxylic acids is 1. The fourth-order valence-corrected chi connectivity index (χ4v) is 2.56. The molecule has 0 spiro atoms. The molecule has 2 N–H and O–H groups in total. The molecule has 0 amide bonds. The van der Waals surface area contributed by atoms with Crippen LogP contribution in [0.25, 0.3) is 10.2 Å². The van der Waals surface area contributed by atoms with Gasteiger partial charge in [-0.15, -0.1) is 11.3 Å². The summed E-state index contributed by atoms with van der Waals surface area (Å²) >= 11 is 1.33. The molecule has 0 saturated carbocycles. The second-order valence-corrected chi connectivity index (χ2v) is 5.16. The van der Waals surface area contributed by atoms with Gasteiger partial charge in [-0.25, -0.2) is 4.98 Å². The number of methoxy groups -OCH3 is 1. The quantitative estimate of drug-likeness (QED) is 0.773. The molecule has 0 aliphatic heterocycles. The van der Waals surface area contributed by atoms with Gasteiger partial charge in [0.05, 0.1) is 25.2 Å². The first-order valence-electron chi connectivity index (χ1n) is 5.99. The molecule has 2 rings (SSSR count). The molecule has 8 heteroatoms. The number of aliphatic carboxylic acids is 1. The maximum Gasteiger partial charge on any atom is 0.317 e. The highest BCUT2D eigenvalue weighted by Gasteiger charge is 2.13. The van der Waals surface area contributed by atoms with Crippen molar-refractivity contribution < 1.29 is 14.6 Å². The lowest BCUT2D eigenvalue weighted by molar-refractivity contribution is -0.138. The third-order valence-electron chi connectivity index (χ3n) is 2.71. The number of thiophene rings is 1. The Hall–Kier alpha value is -1.77. The topological polar surface area (TPSA) is 95.5 Å². The van der Waals surface area contributed by atoms with Gasteiger partial charge >= 0.3 is 5.97 Å². The van der Waals surface area contributed by atoms with Crippen LogP contribution in [-0.4, -0.2) is 52.7 Å². The van der Waals surface area contributed by atoms with Crippen LogP contribution in [0.1, 0.15) is 5.82 Å². The van der Waals surface area contributed by atoms with Crippen LogP contribution < -0.4 is 5.56 Å². The minimum absolute atomic E-state index is 0.130. The number of aromatic nitrogens is 2. The van der Waals surface area contributed by atoms with Gasteiger partial charge in [-0.1, -0.05) is 0 Å². The average Bonchev–Trinajstić information content (AvgIpc) is 2.84. The monoisotopic (exact) mass is 297 g/mol. The van der Waals surface area contributed by atoms with Crippen LogP contribution in [0.4, 0.5) is 0 Å². The summed E-state index contributed by atoms with van der Waals surface area (Å²) < 4.78 is 5.53. The van der Waals surface area contributed by atoms with Crippen LogP contribution in [-0.2, 0) is 16.1 Å². The van der Waals surface area contributed by atoms with E-state index in [2.05, 4.69) is 9.97 Å². The van der Waals surface area contributed by atoms with Crippen molar-refractivity contribution in [1.29, 1.82) is 0 Å². The molecule has 0 atom stereocenters. The molecule has 2 heterocycles. The smallest absolute Gasteiger partial charge is 0.317 e. The molecule has 0 aliphatic carbocycles. The van der Waals surface area contributed by atoms with Crippen molar-refractivity contribution in [2.24, 2.45) is 0 Å². The molecule has 0 unspecified atom stereocenters. The molecule has 0 radical (unpaired) electrons. The molecule has 20 heavy (non-hydrogen) atoms. The number of ether oxygens (including phenoxy) is 1. The summed E-state index contributed by atoms with van der Waals surface area (Å²) in [5.41, 5.74) is 0.442. The van der Waals surface area contributed by atoms with Crippen LogP contribution in [0.5, 0.6) is 0 Å². The van der Waals surface area contributed by atoms with E-state index < -0.39 is 5.97 Å². The zero-order chi connectivity index (χ0) is 14.5. The highest BCUT2D eigenvalue weighted by Crippen LogP contribution is 2.14. The highest BCUT2D eigenvalue weighted by molar-refractivity contribution is 7.17. The Balaban J connectivity index is 2.18. The Labute approximate surface area is 118 Å². The van der Waals surface area contributed by atoms with Crippen molar-refractivity contribution in [1.82, 2.24) is 14.9 Å². The van der Waals surface area contributed by atoms with Gasteiger partial charge in [0.1, 0.15) is 10.5 Å². The van der Waals surface area contributed by atoms with E-state index in [9.17, 15) is 9.59 Å². The lowest BCUT2D eigenvalue weighted by atomic mass is 10.4. The zero-order valence-electron chi connectivity index (χ0n) is 11.0. The molecular formula is C12H15N3O4S. The largest absolute Gasteiger partial charge is 0.480 e. The Morgan fingerprint density at radius 1 is 1.60 bits per heavy atom. The number of hydrogen-bond donors (Lipinski definition) is 2. The highest BCUT2D eigenvalue weighted by atomic mass is 32.1. The minimum atomic E-state index is -0.930. The third kappa shape index (κ3) is 3.62. The van der Waals surface area contributed by atoms with E-state index in [0.29, 0.717) is 29.2 Å². The van der Waals surface area contributed by atoms with Gasteiger partial charge in [0, 0.05) is 13.7 Å². The SMILES string of the molecule is COCCN(CC(=O)O)Cc1nc2ccsc2c(=O)[nH]1. The Bertz CT molecular complexity index is 651. The number of hydrogen-bond acceptors (Lipinski definition) is 6. The summed E-state index contributed by atoms with van der Waals surface area (Å²) in [6.45, 7) is 0.998. The number of H-pyrrole nitrogens is 1.